The lowest BCUT2D eigenvalue weighted by Gasteiger charge is -2.13. The molecule has 1 aliphatic rings. The molecule has 0 saturated heterocycles. The molecule has 3 aromatic rings. The number of ether oxygens (including phenoxy) is 1. The minimum atomic E-state index is -3.48. The summed E-state index contributed by atoms with van der Waals surface area (Å²) in [6.07, 6.45) is 2.15. The number of halogens is 2. The van der Waals surface area contributed by atoms with Crippen LogP contribution in [0, 0.1) is 17.2 Å². The van der Waals surface area contributed by atoms with Crippen LogP contribution in [0.4, 0.5) is 14.5 Å². The Kier molecular flexibility index (Phi) is 5.82. The van der Waals surface area contributed by atoms with Gasteiger partial charge in [0.05, 0.1) is 22.0 Å². The van der Waals surface area contributed by atoms with Crippen LogP contribution in [-0.2, 0) is 16.6 Å². The quantitative estimate of drug-likeness (QED) is 0.493. The highest BCUT2D eigenvalue weighted by molar-refractivity contribution is 7.93. The van der Waals surface area contributed by atoms with Gasteiger partial charge in [0.15, 0.2) is 0 Å². The van der Waals surface area contributed by atoms with Crippen LogP contribution in [0.25, 0.3) is 22.2 Å². The van der Waals surface area contributed by atoms with E-state index in [0.29, 0.717) is 40.3 Å². The molecule has 0 radical (unpaired) electrons. The first-order valence-corrected chi connectivity index (χ1v) is 11.9. The first kappa shape index (κ1) is 22.1. The van der Waals surface area contributed by atoms with Gasteiger partial charge in [-0.05, 0) is 62.4 Å². The number of rotatable bonds is 8. The summed E-state index contributed by atoms with van der Waals surface area (Å²) in [6.45, 7) is 0.917. The maximum absolute atomic E-state index is 12.7. The van der Waals surface area contributed by atoms with E-state index in [4.69, 9.17) is 0 Å². The van der Waals surface area contributed by atoms with E-state index in [1.54, 1.807) is 50.2 Å². The first-order valence-electron chi connectivity index (χ1n) is 10.3. The summed E-state index contributed by atoms with van der Waals surface area (Å²) in [5.41, 5.74) is 2.95. The van der Waals surface area contributed by atoms with Crippen molar-refractivity contribution >= 4 is 26.6 Å². The fourth-order valence-corrected chi connectivity index (χ4v) is 4.35. The minimum Gasteiger partial charge on any atom is -0.435 e. The lowest BCUT2D eigenvalue weighted by Crippen LogP contribution is -2.22. The average Bonchev–Trinajstić information content (AvgIpc) is 3.50. The molecule has 1 fully saturated rings. The summed E-state index contributed by atoms with van der Waals surface area (Å²) >= 11 is 0. The molecule has 0 bridgehead atoms. The molecular weight excluding hydrogens is 436 g/mol. The predicted molar refractivity (Wildman–Crippen MR) is 119 cm³/mol. The zero-order valence-electron chi connectivity index (χ0n) is 17.7. The topological polar surface area (TPSA) is 84.1 Å². The van der Waals surface area contributed by atoms with E-state index in [9.17, 15) is 22.5 Å². The number of nitrogens with one attached hydrogen (secondary N) is 1. The van der Waals surface area contributed by atoms with Gasteiger partial charge in [-0.1, -0.05) is 12.1 Å². The van der Waals surface area contributed by atoms with E-state index in [2.05, 4.69) is 15.5 Å². The van der Waals surface area contributed by atoms with Crippen LogP contribution in [0.15, 0.2) is 42.5 Å². The molecule has 0 amide bonds. The Morgan fingerprint density at radius 2 is 1.88 bits per heavy atom. The highest BCUT2D eigenvalue weighted by Gasteiger charge is 2.27. The van der Waals surface area contributed by atoms with Gasteiger partial charge in [0.1, 0.15) is 11.8 Å². The number of aromatic nitrogens is 1. The van der Waals surface area contributed by atoms with E-state index in [1.165, 1.54) is 6.07 Å². The third-order valence-corrected chi connectivity index (χ3v) is 7.31. The maximum Gasteiger partial charge on any atom is 0.387 e. The number of alkyl halides is 2. The Labute approximate surface area is 185 Å². The van der Waals surface area contributed by atoms with Crippen molar-refractivity contribution in [3.63, 3.8) is 0 Å². The molecule has 9 heteroatoms. The Bertz CT molecular complexity index is 1290. The van der Waals surface area contributed by atoms with Crippen LogP contribution in [0.2, 0.25) is 0 Å². The second-order valence-electron chi connectivity index (χ2n) is 8.22. The highest BCUT2D eigenvalue weighted by atomic mass is 32.2. The average molecular weight is 460 g/mol. The fraction of sp³-hybridized carbons (Fsp3) is 0.348. The van der Waals surface area contributed by atoms with Crippen LogP contribution in [0.1, 0.15) is 32.3 Å². The SMILES string of the molecule is CC(C)S(=O)(=O)Nc1ccc(-c2c(C#N)c3ccc(OC(F)F)cc3n2CC2CC2)cc1. The van der Waals surface area contributed by atoms with E-state index in [-0.39, 0.29) is 5.75 Å². The third kappa shape index (κ3) is 4.41. The van der Waals surface area contributed by atoms with Crippen molar-refractivity contribution < 1.29 is 21.9 Å². The Balaban J connectivity index is 1.81. The molecule has 0 unspecified atom stereocenters. The molecule has 4 rings (SSSR count). The molecule has 168 valence electrons. The summed E-state index contributed by atoms with van der Waals surface area (Å²) in [5, 5.41) is 10.0. The zero-order valence-corrected chi connectivity index (χ0v) is 18.5. The first-order chi connectivity index (χ1) is 15.2. The van der Waals surface area contributed by atoms with E-state index in [0.717, 1.165) is 18.4 Å². The van der Waals surface area contributed by atoms with E-state index in [1.807, 2.05) is 4.57 Å². The van der Waals surface area contributed by atoms with Gasteiger partial charge in [-0.2, -0.15) is 14.0 Å². The summed E-state index contributed by atoms with van der Waals surface area (Å²) in [7, 11) is -3.48. The number of nitriles is 1. The Morgan fingerprint density at radius 1 is 1.19 bits per heavy atom. The molecule has 1 aromatic heterocycles. The van der Waals surface area contributed by atoms with Gasteiger partial charge < -0.3 is 9.30 Å². The number of benzene rings is 2. The van der Waals surface area contributed by atoms with Gasteiger partial charge in [-0.15, -0.1) is 0 Å². The van der Waals surface area contributed by atoms with Crippen LogP contribution in [0.3, 0.4) is 0 Å². The number of nitrogens with zero attached hydrogens (tertiary/aromatic N) is 2. The largest absolute Gasteiger partial charge is 0.435 e. The van der Waals surface area contributed by atoms with E-state index < -0.39 is 21.9 Å². The molecular formula is C23H23F2N3O3S. The number of hydrogen-bond donors (Lipinski definition) is 1. The van der Waals surface area contributed by atoms with Gasteiger partial charge in [0.25, 0.3) is 0 Å². The van der Waals surface area contributed by atoms with Gasteiger partial charge in [-0.3, -0.25) is 4.72 Å². The smallest absolute Gasteiger partial charge is 0.387 e. The van der Waals surface area contributed by atoms with Gasteiger partial charge in [-0.25, -0.2) is 8.42 Å². The summed E-state index contributed by atoms with van der Waals surface area (Å²) in [5.74, 6) is 0.504. The van der Waals surface area contributed by atoms with Gasteiger partial charge in [0.2, 0.25) is 10.0 Å². The molecule has 0 spiro atoms. The molecule has 2 aromatic carbocycles. The van der Waals surface area contributed by atoms with Crippen LogP contribution >= 0.6 is 0 Å². The Hall–Kier alpha value is -3.12. The minimum absolute atomic E-state index is 0.0385. The van der Waals surface area contributed by atoms with Gasteiger partial charge in [0, 0.05) is 23.7 Å². The maximum atomic E-state index is 12.7. The molecule has 0 aliphatic heterocycles. The third-order valence-electron chi connectivity index (χ3n) is 5.55. The van der Waals surface area contributed by atoms with Crippen LogP contribution in [-0.4, -0.2) is 24.8 Å². The molecule has 1 saturated carbocycles. The standard InChI is InChI=1S/C23H23F2N3O3S/c1-14(2)32(29,30)27-17-7-5-16(6-8-17)22-20(12-26)19-10-9-18(31-23(24)25)11-21(19)28(22)13-15-3-4-15/h5-11,14-15,23,27H,3-4,13H2,1-2H3. The summed E-state index contributed by atoms with van der Waals surface area (Å²) in [4.78, 5) is 0. The predicted octanol–water partition coefficient (Wildman–Crippen LogP) is 5.34. The van der Waals surface area contributed by atoms with Crippen LogP contribution < -0.4 is 9.46 Å². The number of sulfonamides is 1. The van der Waals surface area contributed by atoms with Crippen molar-refractivity contribution in [1.29, 1.82) is 5.26 Å². The molecule has 1 heterocycles. The normalized spacial score (nSPS) is 14.2. The van der Waals surface area contributed by atoms with Crippen molar-refractivity contribution in [3.8, 4) is 23.1 Å². The highest BCUT2D eigenvalue weighted by Crippen LogP contribution is 2.40. The number of fused-ring (bicyclic) bond motifs is 1. The summed E-state index contributed by atoms with van der Waals surface area (Å²) < 4.78 is 58.8. The zero-order chi connectivity index (χ0) is 23.0. The Morgan fingerprint density at radius 3 is 2.44 bits per heavy atom. The van der Waals surface area contributed by atoms with Crippen molar-refractivity contribution in [2.45, 2.75) is 45.1 Å². The van der Waals surface area contributed by atoms with Crippen molar-refractivity contribution in [1.82, 2.24) is 4.57 Å². The second kappa shape index (κ2) is 8.43. The molecule has 6 nitrogen and oxygen atoms in total. The van der Waals surface area contributed by atoms with Crippen LogP contribution in [0.5, 0.6) is 5.75 Å². The summed E-state index contributed by atoms with van der Waals surface area (Å²) in [6, 6.07) is 13.7. The molecule has 0 atom stereocenters. The fourth-order valence-electron chi connectivity index (χ4n) is 3.65. The molecule has 32 heavy (non-hydrogen) atoms. The van der Waals surface area contributed by atoms with Crippen molar-refractivity contribution in [2.75, 3.05) is 4.72 Å². The lowest BCUT2D eigenvalue weighted by molar-refractivity contribution is -0.0497. The second-order valence-corrected chi connectivity index (χ2v) is 10.5. The monoisotopic (exact) mass is 459 g/mol. The lowest BCUT2D eigenvalue weighted by atomic mass is 10.1. The number of anilines is 1. The molecule has 1 aliphatic carbocycles. The number of hydrogen-bond acceptors (Lipinski definition) is 4. The van der Waals surface area contributed by atoms with Crippen molar-refractivity contribution in [3.05, 3.63) is 48.0 Å². The van der Waals surface area contributed by atoms with Crippen molar-refractivity contribution in [2.24, 2.45) is 5.92 Å². The van der Waals surface area contributed by atoms with E-state index >= 15 is 0 Å². The van der Waals surface area contributed by atoms with Gasteiger partial charge >= 0.3 is 6.61 Å². The molecule has 1 N–H and O–H groups in total.